The van der Waals surface area contributed by atoms with Crippen LogP contribution < -0.4 is 0 Å². The van der Waals surface area contributed by atoms with Crippen LogP contribution in [0.15, 0.2) is 48.2 Å². The lowest BCUT2D eigenvalue weighted by Crippen LogP contribution is -1.83. The number of phenolic OH excluding ortho intramolecular Hbond substituents is 1. The molecule has 1 nitrogen and oxygen atoms in total. The van der Waals surface area contributed by atoms with Gasteiger partial charge in [-0.1, -0.05) is 53.9 Å². The van der Waals surface area contributed by atoms with E-state index in [9.17, 15) is 5.11 Å². The molecule has 0 unspecified atom stereocenters. The van der Waals surface area contributed by atoms with Crippen molar-refractivity contribution in [2.75, 3.05) is 0 Å². The first-order valence-corrected chi connectivity index (χ1v) is 7.79. The van der Waals surface area contributed by atoms with Crippen molar-refractivity contribution in [3.05, 3.63) is 48.2 Å². The molecule has 2 aromatic rings. The van der Waals surface area contributed by atoms with Gasteiger partial charge < -0.3 is 5.11 Å². The molecular formula is C12H6Br4O. The second-order valence-electron chi connectivity index (χ2n) is 3.41. The topological polar surface area (TPSA) is 20.2 Å². The highest BCUT2D eigenvalue weighted by Crippen LogP contribution is 2.39. The number of hydrogen-bond acceptors (Lipinski definition) is 1. The molecule has 0 spiro atoms. The third kappa shape index (κ3) is 2.95. The summed E-state index contributed by atoms with van der Waals surface area (Å²) in [6.45, 7) is 0. The molecule has 0 aliphatic rings. The molecule has 0 saturated carbocycles. The second-order valence-corrected chi connectivity index (χ2v) is 6.89. The standard InChI is InChI=1S/C12H6Br4O/c13-6-1-2-7(9(14)3-6)8-4-11(16)12(17)5-10(8)15/h1-5,17H. The largest absolute Gasteiger partial charge is 0.507 e. The molecule has 0 aliphatic heterocycles. The monoisotopic (exact) mass is 482 g/mol. The van der Waals surface area contributed by atoms with Crippen LogP contribution in [0.3, 0.4) is 0 Å². The minimum absolute atomic E-state index is 0.217. The first-order valence-electron chi connectivity index (χ1n) is 4.62. The van der Waals surface area contributed by atoms with Gasteiger partial charge in [0.25, 0.3) is 0 Å². The third-order valence-electron chi connectivity index (χ3n) is 2.26. The Kier molecular flexibility index (Phi) is 4.34. The maximum Gasteiger partial charge on any atom is 0.130 e. The summed E-state index contributed by atoms with van der Waals surface area (Å²) in [6, 6.07) is 9.54. The van der Waals surface area contributed by atoms with Gasteiger partial charge in [0.1, 0.15) is 5.75 Å². The molecule has 0 aromatic heterocycles. The molecule has 0 aliphatic carbocycles. The quantitative estimate of drug-likeness (QED) is 0.517. The van der Waals surface area contributed by atoms with Crippen LogP contribution in [-0.4, -0.2) is 5.11 Å². The summed E-state index contributed by atoms with van der Waals surface area (Å²) in [5.74, 6) is 0.217. The van der Waals surface area contributed by atoms with E-state index in [0.29, 0.717) is 4.47 Å². The van der Waals surface area contributed by atoms with E-state index in [0.717, 1.165) is 24.5 Å². The van der Waals surface area contributed by atoms with Crippen molar-refractivity contribution in [1.29, 1.82) is 0 Å². The van der Waals surface area contributed by atoms with E-state index in [4.69, 9.17) is 0 Å². The van der Waals surface area contributed by atoms with E-state index in [-0.39, 0.29) is 5.75 Å². The lowest BCUT2D eigenvalue weighted by atomic mass is 10.1. The van der Waals surface area contributed by atoms with Gasteiger partial charge in [-0.05, 0) is 51.3 Å². The van der Waals surface area contributed by atoms with Gasteiger partial charge in [-0.25, -0.2) is 0 Å². The van der Waals surface area contributed by atoms with Crippen LogP contribution in [0.4, 0.5) is 0 Å². The summed E-state index contributed by atoms with van der Waals surface area (Å²) in [4.78, 5) is 0. The predicted octanol–water partition coefficient (Wildman–Crippen LogP) is 6.11. The van der Waals surface area contributed by atoms with Gasteiger partial charge in [0.05, 0.1) is 4.47 Å². The van der Waals surface area contributed by atoms with Crippen molar-refractivity contribution in [3.63, 3.8) is 0 Å². The average Bonchev–Trinajstić information content (AvgIpc) is 2.24. The van der Waals surface area contributed by atoms with Crippen molar-refractivity contribution in [3.8, 4) is 16.9 Å². The summed E-state index contributed by atoms with van der Waals surface area (Å²) in [5, 5.41) is 9.59. The molecule has 0 saturated heterocycles. The minimum atomic E-state index is 0.217. The smallest absolute Gasteiger partial charge is 0.130 e. The minimum Gasteiger partial charge on any atom is -0.507 e. The van der Waals surface area contributed by atoms with Crippen molar-refractivity contribution in [2.24, 2.45) is 0 Å². The summed E-state index contributed by atoms with van der Waals surface area (Å²) in [5.41, 5.74) is 2.06. The van der Waals surface area contributed by atoms with Crippen LogP contribution in [0.25, 0.3) is 11.1 Å². The zero-order valence-corrected chi connectivity index (χ0v) is 14.7. The molecule has 0 radical (unpaired) electrons. The highest BCUT2D eigenvalue weighted by Gasteiger charge is 2.10. The lowest BCUT2D eigenvalue weighted by molar-refractivity contribution is 0.471. The van der Waals surface area contributed by atoms with Gasteiger partial charge in [-0.2, -0.15) is 0 Å². The molecule has 0 bridgehead atoms. The van der Waals surface area contributed by atoms with E-state index in [2.05, 4.69) is 63.7 Å². The molecule has 17 heavy (non-hydrogen) atoms. The normalized spacial score (nSPS) is 10.6. The third-order valence-corrected chi connectivity index (χ3v) is 4.70. The van der Waals surface area contributed by atoms with E-state index in [1.807, 2.05) is 24.3 Å². The van der Waals surface area contributed by atoms with Crippen LogP contribution in [0.5, 0.6) is 5.75 Å². The Bertz CT molecular complexity index is 581. The summed E-state index contributed by atoms with van der Waals surface area (Å²) >= 11 is 13.7. The summed E-state index contributed by atoms with van der Waals surface area (Å²) in [6.07, 6.45) is 0. The van der Waals surface area contributed by atoms with E-state index >= 15 is 0 Å². The molecule has 2 aromatic carbocycles. The molecular weight excluding hydrogens is 480 g/mol. The van der Waals surface area contributed by atoms with Gasteiger partial charge in [0, 0.05) is 13.4 Å². The van der Waals surface area contributed by atoms with Crippen LogP contribution in [0, 0.1) is 0 Å². The summed E-state index contributed by atoms with van der Waals surface area (Å²) < 4.78 is 3.53. The van der Waals surface area contributed by atoms with Crippen molar-refractivity contribution >= 4 is 63.7 Å². The molecule has 0 atom stereocenters. The Morgan fingerprint density at radius 2 is 1.35 bits per heavy atom. The van der Waals surface area contributed by atoms with Gasteiger partial charge in [0.15, 0.2) is 0 Å². The number of benzene rings is 2. The van der Waals surface area contributed by atoms with Crippen LogP contribution in [0.1, 0.15) is 0 Å². The molecule has 1 N–H and O–H groups in total. The Morgan fingerprint density at radius 3 is 2.00 bits per heavy atom. The van der Waals surface area contributed by atoms with Crippen molar-refractivity contribution < 1.29 is 5.11 Å². The molecule has 88 valence electrons. The fraction of sp³-hybridized carbons (Fsp3) is 0. The van der Waals surface area contributed by atoms with Crippen molar-refractivity contribution in [2.45, 2.75) is 0 Å². The maximum absolute atomic E-state index is 9.59. The number of rotatable bonds is 1. The SMILES string of the molecule is Oc1cc(Br)c(-c2ccc(Br)cc2Br)cc1Br. The Morgan fingerprint density at radius 1 is 0.706 bits per heavy atom. The number of halogens is 4. The predicted molar refractivity (Wildman–Crippen MR) is 84.3 cm³/mol. The number of phenols is 1. The van der Waals surface area contributed by atoms with Gasteiger partial charge in [-0.15, -0.1) is 0 Å². The second kappa shape index (κ2) is 5.43. The summed E-state index contributed by atoms with van der Waals surface area (Å²) in [7, 11) is 0. The molecule has 0 fully saturated rings. The van der Waals surface area contributed by atoms with Crippen LogP contribution in [-0.2, 0) is 0 Å². The molecule has 0 amide bonds. The van der Waals surface area contributed by atoms with Crippen molar-refractivity contribution in [1.82, 2.24) is 0 Å². The highest BCUT2D eigenvalue weighted by atomic mass is 79.9. The number of hydrogen-bond donors (Lipinski definition) is 1. The van der Waals surface area contributed by atoms with Gasteiger partial charge in [0.2, 0.25) is 0 Å². The first kappa shape index (κ1) is 13.6. The fourth-order valence-corrected chi connectivity index (χ4v) is 3.60. The maximum atomic E-state index is 9.59. The zero-order valence-electron chi connectivity index (χ0n) is 8.35. The fourth-order valence-electron chi connectivity index (χ4n) is 1.45. The Hall–Kier alpha value is 0.160. The molecule has 5 heteroatoms. The first-order chi connectivity index (χ1) is 7.99. The molecule has 0 heterocycles. The number of aromatic hydroxyl groups is 1. The zero-order chi connectivity index (χ0) is 12.6. The van der Waals surface area contributed by atoms with Gasteiger partial charge >= 0.3 is 0 Å². The van der Waals surface area contributed by atoms with Gasteiger partial charge in [-0.3, -0.25) is 0 Å². The average molecular weight is 486 g/mol. The lowest BCUT2D eigenvalue weighted by Gasteiger charge is -2.09. The van der Waals surface area contributed by atoms with E-state index in [1.165, 1.54) is 0 Å². The molecule has 2 rings (SSSR count). The van der Waals surface area contributed by atoms with Crippen LogP contribution in [0.2, 0.25) is 0 Å². The highest BCUT2D eigenvalue weighted by molar-refractivity contribution is 9.11. The van der Waals surface area contributed by atoms with E-state index in [1.54, 1.807) is 6.07 Å². The Labute approximate surface area is 133 Å². The Balaban J connectivity index is 2.64. The van der Waals surface area contributed by atoms with E-state index < -0.39 is 0 Å². The van der Waals surface area contributed by atoms with Crippen LogP contribution >= 0.6 is 63.7 Å².